The number of rotatable bonds is 7. The third-order valence-corrected chi connectivity index (χ3v) is 6.53. The molecular weight excluding hydrogens is 382 g/mol. The third-order valence-electron chi connectivity index (χ3n) is 3.27. The molecule has 3 rings (SSSR count). The fourth-order valence-electron chi connectivity index (χ4n) is 2.18. The molecular formula is C15H16BrN3OS2. The summed E-state index contributed by atoms with van der Waals surface area (Å²) in [4.78, 5) is 2.60. The van der Waals surface area contributed by atoms with Crippen LogP contribution in [0.3, 0.4) is 0 Å². The van der Waals surface area contributed by atoms with Gasteiger partial charge in [0.25, 0.3) is 0 Å². The normalized spacial score (nSPS) is 11.2. The van der Waals surface area contributed by atoms with Crippen LogP contribution in [-0.4, -0.2) is 23.9 Å². The van der Waals surface area contributed by atoms with E-state index in [0.717, 1.165) is 46.4 Å². The molecule has 116 valence electrons. The molecule has 0 saturated heterocycles. The molecule has 0 aromatic carbocycles. The molecule has 0 atom stereocenters. The molecule has 0 unspecified atom stereocenters. The van der Waals surface area contributed by atoms with Crippen molar-refractivity contribution in [1.29, 1.82) is 0 Å². The number of thiophene rings is 2. The lowest BCUT2D eigenvalue weighted by Gasteiger charge is -2.04. The van der Waals surface area contributed by atoms with E-state index in [-0.39, 0.29) is 0 Å². The van der Waals surface area contributed by atoms with E-state index in [1.54, 1.807) is 36.0 Å². The fraction of sp³-hybridized carbons (Fsp3) is 0.333. The topological polar surface area (TPSA) is 47.0 Å². The van der Waals surface area contributed by atoms with Crippen molar-refractivity contribution in [2.45, 2.75) is 19.4 Å². The number of halogens is 1. The van der Waals surface area contributed by atoms with Crippen LogP contribution in [0.5, 0.6) is 0 Å². The first kappa shape index (κ1) is 15.9. The van der Waals surface area contributed by atoms with E-state index in [0.29, 0.717) is 0 Å². The van der Waals surface area contributed by atoms with E-state index in [4.69, 9.17) is 4.74 Å². The zero-order valence-corrected chi connectivity index (χ0v) is 15.4. The molecule has 3 aromatic rings. The van der Waals surface area contributed by atoms with E-state index in [2.05, 4.69) is 49.0 Å². The summed E-state index contributed by atoms with van der Waals surface area (Å²) in [5.74, 6) is 0. The Balaban J connectivity index is 1.82. The first-order valence-electron chi connectivity index (χ1n) is 6.97. The Morgan fingerprint density at radius 2 is 2.32 bits per heavy atom. The van der Waals surface area contributed by atoms with Crippen molar-refractivity contribution < 1.29 is 4.74 Å². The van der Waals surface area contributed by atoms with Crippen molar-refractivity contribution in [2.75, 3.05) is 19.0 Å². The molecule has 1 N–H and O–H groups in total. The van der Waals surface area contributed by atoms with Crippen molar-refractivity contribution in [3.8, 4) is 0 Å². The Morgan fingerprint density at radius 3 is 3.09 bits per heavy atom. The van der Waals surface area contributed by atoms with Gasteiger partial charge in [-0.25, -0.2) is 0 Å². The summed E-state index contributed by atoms with van der Waals surface area (Å²) in [5, 5.41) is 14.0. The summed E-state index contributed by atoms with van der Waals surface area (Å²) in [6, 6.07) is 4.20. The lowest BCUT2D eigenvalue weighted by molar-refractivity contribution is 0.195. The Labute approximate surface area is 145 Å². The number of methoxy groups -OCH3 is 1. The van der Waals surface area contributed by atoms with Crippen molar-refractivity contribution in [1.82, 2.24) is 10.2 Å². The van der Waals surface area contributed by atoms with E-state index in [9.17, 15) is 0 Å². The lowest BCUT2D eigenvalue weighted by Crippen LogP contribution is -1.98. The summed E-state index contributed by atoms with van der Waals surface area (Å²) in [7, 11) is 1.73. The second-order valence-electron chi connectivity index (χ2n) is 4.80. The maximum atomic E-state index is 5.13. The van der Waals surface area contributed by atoms with Crippen LogP contribution in [0.2, 0.25) is 0 Å². The first-order valence-corrected chi connectivity index (χ1v) is 9.46. The van der Waals surface area contributed by atoms with Gasteiger partial charge in [0.1, 0.15) is 5.52 Å². The van der Waals surface area contributed by atoms with Gasteiger partial charge in [0.15, 0.2) is 0 Å². The minimum atomic E-state index is 0.774. The molecule has 3 aromatic heterocycles. The highest BCUT2D eigenvalue weighted by Crippen LogP contribution is 2.38. The zero-order chi connectivity index (χ0) is 15.4. The molecule has 4 nitrogen and oxygen atoms in total. The monoisotopic (exact) mass is 397 g/mol. The molecule has 0 aliphatic carbocycles. The molecule has 7 heteroatoms. The number of aryl methyl sites for hydroxylation is 1. The Hall–Kier alpha value is -1.02. The van der Waals surface area contributed by atoms with Crippen LogP contribution in [0, 0.1) is 0 Å². The maximum absolute atomic E-state index is 5.13. The Morgan fingerprint density at radius 1 is 1.41 bits per heavy atom. The smallest absolute Gasteiger partial charge is 0.120 e. The van der Waals surface area contributed by atoms with Crippen LogP contribution in [-0.2, 0) is 17.7 Å². The summed E-state index contributed by atoms with van der Waals surface area (Å²) in [6.45, 7) is 1.59. The van der Waals surface area contributed by atoms with Gasteiger partial charge in [-0.05, 0) is 40.2 Å². The minimum Gasteiger partial charge on any atom is -0.385 e. The molecule has 0 radical (unpaired) electrons. The molecule has 0 aliphatic rings. The van der Waals surface area contributed by atoms with Crippen LogP contribution >= 0.6 is 38.6 Å². The van der Waals surface area contributed by atoms with Crippen molar-refractivity contribution in [3.63, 3.8) is 0 Å². The number of hydrogen-bond donors (Lipinski definition) is 1. The third kappa shape index (κ3) is 3.48. The van der Waals surface area contributed by atoms with Gasteiger partial charge in [-0.2, -0.15) is 5.10 Å². The van der Waals surface area contributed by atoms with Gasteiger partial charge in [-0.3, -0.25) is 0 Å². The molecule has 0 bridgehead atoms. The van der Waals surface area contributed by atoms with E-state index >= 15 is 0 Å². The molecule has 0 spiro atoms. The minimum absolute atomic E-state index is 0.774. The molecule has 22 heavy (non-hydrogen) atoms. The maximum Gasteiger partial charge on any atom is 0.120 e. The zero-order valence-electron chi connectivity index (χ0n) is 12.1. The number of anilines is 1. The molecule has 0 saturated carbocycles. The number of fused-ring (bicyclic) bond motifs is 1. The number of ether oxygens (including phenoxy) is 1. The van der Waals surface area contributed by atoms with Gasteiger partial charge in [0.2, 0.25) is 0 Å². The summed E-state index contributed by atoms with van der Waals surface area (Å²) in [5.41, 5.74) is 1.98. The van der Waals surface area contributed by atoms with Gasteiger partial charge in [0, 0.05) is 30.0 Å². The number of aromatic nitrogens is 2. The van der Waals surface area contributed by atoms with Crippen LogP contribution < -0.4 is 5.32 Å². The molecule has 0 fully saturated rings. The second kappa shape index (κ2) is 7.50. The second-order valence-corrected chi connectivity index (χ2v) is 7.73. The van der Waals surface area contributed by atoms with Gasteiger partial charge >= 0.3 is 0 Å². The van der Waals surface area contributed by atoms with E-state index < -0.39 is 0 Å². The standard InChI is InChI=1S/C15H16BrN3OS2/c1-20-6-2-5-12-13(16)14-15(22-12)11(9-18-19-14)17-8-10-4-3-7-21-10/h3-4,7,9H,2,5-6,8H2,1H3,(H,17,19). The average molecular weight is 398 g/mol. The SMILES string of the molecule is COCCCc1sc2c(NCc3cccs3)cnnc2c1Br. The van der Waals surface area contributed by atoms with Crippen LogP contribution in [0.15, 0.2) is 28.2 Å². The lowest BCUT2D eigenvalue weighted by atomic mass is 10.2. The quantitative estimate of drug-likeness (QED) is 0.586. The van der Waals surface area contributed by atoms with Gasteiger partial charge in [0.05, 0.1) is 21.1 Å². The van der Waals surface area contributed by atoms with Crippen molar-refractivity contribution in [3.05, 3.63) is 37.9 Å². The highest BCUT2D eigenvalue weighted by molar-refractivity contribution is 9.10. The predicted molar refractivity (Wildman–Crippen MR) is 97.0 cm³/mol. The molecule has 0 amide bonds. The average Bonchev–Trinajstić information content (AvgIpc) is 3.15. The fourth-order valence-corrected chi connectivity index (χ4v) is 4.83. The number of nitrogens with zero attached hydrogens (tertiary/aromatic N) is 2. The number of hydrogen-bond acceptors (Lipinski definition) is 6. The van der Waals surface area contributed by atoms with E-state index in [1.165, 1.54) is 9.75 Å². The predicted octanol–water partition coefficient (Wildman–Crippen LogP) is 4.71. The Bertz CT molecular complexity index is 743. The van der Waals surface area contributed by atoms with Gasteiger partial charge in [-0.15, -0.1) is 27.8 Å². The van der Waals surface area contributed by atoms with Crippen molar-refractivity contribution in [2.24, 2.45) is 0 Å². The van der Waals surface area contributed by atoms with Crippen LogP contribution in [0.1, 0.15) is 16.2 Å². The largest absolute Gasteiger partial charge is 0.385 e. The molecule has 3 heterocycles. The van der Waals surface area contributed by atoms with Gasteiger partial charge < -0.3 is 10.1 Å². The number of nitrogens with one attached hydrogen (secondary N) is 1. The van der Waals surface area contributed by atoms with Crippen LogP contribution in [0.25, 0.3) is 10.2 Å². The Kier molecular flexibility index (Phi) is 5.41. The van der Waals surface area contributed by atoms with E-state index in [1.807, 2.05) is 0 Å². The summed E-state index contributed by atoms with van der Waals surface area (Å²) < 4.78 is 7.36. The van der Waals surface area contributed by atoms with Crippen LogP contribution in [0.4, 0.5) is 5.69 Å². The first-order chi connectivity index (χ1) is 10.8. The summed E-state index contributed by atoms with van der Waals surface area (Å²) >= 11 is 7.19. The van der Waals surface area contributed by atoms with Gasteiger partial charge in [-0.1, -0.05) is 6.07 Å². The summed E-state index contributed by atoms with van der Waals surface area (Å²) in [6.07, 6.45) is 3.80. The highest BCUT2D eigenvalue weighted by Gasteiger charge is 2.14. The molecule has 0 aliphatic heterocycles. The van der Waals surface area contributed by atoms with Crippen molar-refractivity contribution >= 4 is 54.5 Å². The highest BCUT2D eigenvalue weighted by atomic mass is 79.9.